The standard InChI is InChI=1S/C15H23NO4/c1-5-20-13-7-6-11(8-14(13)19-4)15(18)16-9-12(17)10(2)3/h6-8,10,12,17H,5,9H2,1-4H3,(H,16,18). The van der Waals surface area contributed by atoms with Crippen LogP contribution in [0.15, 0.2) is 18.2 Å². The van der Waals surface area contributed by atoms with Crippen LogP contribution < -0.4 is 14.8 Å². The van der Waals surface area contributed by atoms with Crippen molar-refractivity contribution in [2.75, 3.05) is 20.3 Å². The van der Waals surface area contributed by atoms with Crippen molar-refractivity contribution < 1.29 is 19.4 Å². The van der Waals surface area contributed by atoms with Gasteiger partial charge in [-0.05, 0) is 31.0 Å². The highest BCUT2D eigenvalue weighted by Crippen LogP contribution is 2.27. The fourth-order valence-electron chi connectivity index (χ4n) is 1.62. The Labute approximate surface area is 119 Å². The summed E-state index contributed by atoms with van der Waals surface area (Å²) in [4.78, 5) is 12.0. The SMILES string of the molecule is CCOc1ccc(C(=O)NCC(O)C(C)C)cc1OC. The van der Waals surface area contributed by atoms with Gasteiger partial charge in [0, 0.05) is 12.1 Å². The molecule has 0 heterocycles. The first-order chi connectivity index (χ1) is 9.49. The van der Waals surface area contributed by atoms with E-state index in [-0.39, 0.29) is 18.4 Å². The number of ether oxygens (including phenoxy) is 2. The number of aliphatic hydroxyl groups is 1. The van der Waals surface area contributed by atoms with Crippen molar-refractivity contribution in [3.8, 4) is 11.5 Å². The van der Waals surface area contributed by atoms with Gasteiger partial charge >= 0.3 is 0 Å². The zero-order valence-corrected chi connectivity index (χ0v) is 12.5. The lowest BCUT2D eigenvalue weighted by atomic mass is 10.1. The maximum absolute atomic E-state index is 12.0. The van der Waals surface area contributed by atoms with E-state index in [9.17, 15) is 9.90 Å². The van der Waals surface area contributed by atoms with Crippen molar-refractivity contribution in [3.05, 3.63) is 23.8 Å². The number of nitrogens with one attached hydrogen (secondary N) is 1. The van der Waals surface area contributed by atoms with Gasteiger partial charge in [-0.3, -0.25) is 4.79 Å². The molecule has 1 atom stereocenters. The number of amides is 1. The third-order valence-corrected chi connectivity index (χ3v) is 2.97. The minimum absolute atomic E-state index is 0.102. The van der Waals surface area contributed by atoms with Crippen LogP contribution in [0.5, 0.6) is 11.5 Å². The summed E-state index contributed by atoms with van der Waals surface area (Å²) in [6.07, 6.45) is -0.552. The Morgan fingerprint density at radius 1 is 1.35 bits per heavy atom. The molecule has 0 spiro atoms. The van der Waals surface area contributed by atoms with E-state index in [2.05, 4.69) is 5.32 Å². The molecule has 20 heavy (non-hydrogen) atoms. The molecule has 5 heteroatoms. The van der Waals surface area contributed by atoms with Gasteiger partial charge in [0.1, 0.15) is 0 Å². The highest BCUT2D eigenvalue weighted by molar-refractivity contribution is 5.94. The molecule has 0 radical (unpaired) electrons. The van der Waals surface area contributed by atoms with Gasteiger partial charge < -0.3 is 19.9 Å². The van der Waals surface area contributed by atoms with E-state index in [1.165, 1.54) is 7.11 Å². The number of methoxy groups -OCH3 is 1. The Kier molecular flexibility index (Phi) is 6.31. The topological polar surface area (TPSA) is 67.8 Å². The summed E-state index contributed by atoms with van der Waals surface area (Å²) in [7, 11) is 1.53. The first-order valence-electron chi connectivity index (χ1n) is 6.76. The molecule has 0 aliphatic carbocycles. The minimum atomic E-state index is -0.552. The molecule has 0 aliphatic heterocycles. The number of rotatable bonds is 7. The maximum atomic E-state index is 12.0. The summed E-state index contributed by atoms with van der Waals surface area (Å²) in [6, 6.07) is 5.00. The van der Waals surface area contributed by atoms with Gasteiger partial charge in [0.2, 0.25) is 0 Å². The van der Waals surface area contributed by atoms with E-state index in [1.807, 2.05) is 20.8 Å². The summed E-state index contributed by atoms with van der Waals surface area (Å²) in [6.45, 7) is 6.44. The number of hydrogen-bond acceptors (Lipinski definition) is 4. The second kappa shape index (κ2) is 7.75. The van der Waals surface area contributed by atoms with Gasteiger partial charge in [0.25, 0.3) is 5.91 Å². The Bertz CT molecular complexity index is 445. The average molecular weight is 281 g/mol. The molecule has 112 valence electrons. The molecule has 0 saturated carbocycles. The molecule has 1 unspecified atom stereocenters. The number of aliphatic hydroxyl groups excluding tert-OH is 1. The lowest BCUT2D eigenvalue weighted by Gasteiger charge is -2.15. The Morgan fingerprint density at radius 2 is 2.05 bits per heavy atom. The third kappa shape index (κ3) is 4.42. The smallest absolute Gasteiger partial charge is 0.251 e. The zero-order chi connectivity index (χ0) is 15.1. The van der Waals surface area contributed by atoms with E-state index < -0.39 is 6.10 Å². The largest absolute Gasteiger partial charge is 0.493 e. The van der Waals surface area contributed by atoms with Gasteiger partial charge in [0.05, 0.1) is 19.8 Å². The molecule has 5 nitrogen and oxygen atoms in total. The summed E-state index contributed by atoms with van der Waals surface area (Å²) in [5, 5.41) is 12.4. The lowest BCUT2D eigenvalue weighted by Crippen LogP contribution is -2.34. The number of carbonyl (C=O) groups is 1. The second-order valence-corrected chi connectivity index (χ2v) is 4.82. The van der Waals surface area contributed by atoms with E-state index in [1.54, 1.807) is 18.2 Å². The fourth-order valence-corrected chi connectivity index (χ4v) is 1.62. The first kappa shape index (κ1) is 16.3. The summed E-state index contributed by atoms with van der Waals surface area (Å²) in [5.41, 5.74) is 0.473. The van der Waals surface area contributed by atoms with Crippen LogP contribution in [0.3, 0.4) is 0 Å². The van der Waals surface area contributed by atoms with Crippen LogP contribution in [0.2, 0.25) is 0 Å². The van der Waals surface area contributed by atoms with E-state index in [4.69, 9.17) is 9.47 Å². The molecule has 0 aliphatic rings. The van der Waals surface area contributed by atoms with Crippen LogP contribution in [0.4, 0.5) is 0 Å². The second-order valence-electron chi connectivity index (χ2n) is 4.82. The van der Waals surface area contributed by atoms with Crippen molar-refractivity contribution in [2.45, 2.75) is 26.9 Å². The predicted octanol–water partition coefficient (Wildman–Crippen LogP) is 1.84. The molecule has 0 saturated heterocycles. The molecule has 2 N–H and O–H groups in total. The number of benzene rings is 1. The normalized spacial score (nSPS) is 12.1. The Morgan fingerprint density at radius 3 is 2.60 bits per heavy atom. The third-order valence-electron chi connectivity index (χ3n) is 2.97. The molecule has 1 aromatic carbocycles. The summed E-state index contributed by atoms with van der Waals surface area (Å²) < 4.78 is 10.6. The average Bonchev–Trinajstić information content (AvgIpc) is 2.44. The monoisotopic (exact) mass is 281 g/mol. The van der Waals surface area contributed by atoms with Crippen molar-refractivity contribution in [1.29, 1.82) is 0 Å². The van der Waals surface area contributed by atoms with Crippen LogP contribution in [0, 0.1) is 5.92 Å². The van der Waals surface area contributed by atoms with E-state index in [0.717, 1.165) is 0 Å². The molecule has 0 aromatic heterocycles. The van der Waals surface area contributed by atoms with Crippen LogP contribution in [-0.2, 0) is 0 Å². The molecule has 0 bridgehead atoms. The quantitative estimate of drug-likeness (QED) is 0.800. The first-order valence-corrected chi connectivity index (χ1v) is 6.76. The molecule has 1 aromatic rings. The molecular weight excluding hydrogens is 258 g/mol. The van der Waals surface area contributed by atoms with Crippen molar-refractivity contribution in [3.63, 3.8) is 0 Å². The van der Waals surface area contributed by atoms with Gasteiger partial charge in [-0.2, -0.15) is 0 Å². The van der Waals surface area contributed by atoms with Crippen LogP contribution in [0.25, 0.3) is 0 Å². The fraction of sp³-hybridized carbons (Fsp3) is 0.533. The predicted molar refractivity (Wildman–Crippen MR) is 77.3 cm³/mol. The summed E-state index contributed by atoms with van der Waals surface area (Å²) >= 11 is 0. The van der Waals surface area contributed by atoms with Crippen LogP contribution in [0.1, 0.15) is 31.1 Å². The van der Waals surface area contributed by atoms with Crippen molar-refractivity contribution in [2.24, 2.45) is 5.92 Å². The van der Waals surface area contributed by atoms with Crippen molar-refractivity contribution in [1.82, 2.24) is 5.32 Å². The van der Waals surface area contributed by atoms with Gasteiger partial charge in [-0.25, -0.2) is 0 Å². The van der Waals surface area contributed by atoms with E-state index >= 15 is 0 Å². The van der Waals surface area contributed by atoms with E-state index in [0.29, 0.717) is 23.7 Å². The van der Waals surface area contributed by atoms with Gasteiger partial charge in [-0.1, -0.05) is 13.8 Å². The molecular formula is C15H23NO4. The number of carbonyl (C=O) groups excluding carboxylic acids is 1. The van der Waals surface area contributed by atoms with Crippen molar-refractivity contribution >= 4 is 5.91 Å². The Hall–Kier alpha value is -1.75. The number of hydrogen-bond donors (Lipinski definition) is 2. The maximum Gasteiger partial charge on any atom is 0.251 e. The minimum Gasteiger partial charge on any atom is -0.493 e. The highest BCUT2D eigenvalue weighted by Gasteiger charge is 2.14. The highest BCUT2D eigenvalue weighted by atomic mass is 16.5. The zero-order valence-electron chi connectivity index (χ0n) is 12.5. The lowest BCUT2D eigenvalue weighted by molar-refractivity contribution is 0.0871. The Balaban J connectivity index is 2.73. The summed E-state index contributed by atoms with van der Waals surface area (Å²) in [5.74, 6) is 0.980. The van der Waals surface area contributed by atoms with Crippen LogP contribution in [-0.4, -0.2) is 37.4 Å². The molecule has 1 rings (SSSR count). The van der Waals surface area contributed by atoms with Gasteiger partial charge in [-0.15, -0.1) is 0 Å². The van der Waals surface area contributed by atoms with Crippen LogP contribution >= 0.6 is 0 Å². The molecule has 0 fully saturated rings. The van der Waals surface area contributed by atoms with Gasteiger partial charge in [0.15, 0.2) is 11.5 Å². The molecule has 1 amide bonds.